The molecular formula is C17H26. The van der Waals surface area contributed by atoms with Crippen molar-refractivity contribution in [2.75, 3.05) is 0 Å². The van der Waals surface area contributed by atoms with Crippen LogP contribution in [-0.4, -0.2) is 0 Å². The number of rotatable bonds is 5. The lowest BCUT2D eigenvalue weighted by Crippen LogP contribution is -1.85. The molecule has 1 aliphatic carbocycles. The summed E-state index contributed by atoms with van der Waals surface area (Å²) in [6.45, 7) is 2.05. The Hall–Kier alpha value is -1.04. The third-order valence-electron chi connectivity index (χ3n) is 3.15. The fourth-order valence-electron chi connectivity index (χ4n) is 2.12. The summed E-state index contributed by atoms with van der Waals surface area (Å²) in [5.41, 5.74) is 1.64. The van der Waals surface area contributed by atoms with Crippen molar-refractivity contribution in [1.29, 1.82) is 0 Å². The number of unbranched alkanes of at least 4 members (excludes halogenated alkanes) is 1. The van der Waals surface area contributed by atoms with Gasteiger partial charge in [-0.1, -0.05) is 54.5 Å². The molecule has 0 radical (unpaired) electrons. The second-order valence-electron chi connectivity index (χ2n) is 4.70. The molecule has 0 nitrogen and oxygen atoms in total. The maximum absolute atomic E-state index is 2.35. The van der Waals surface area contributed by atoms with Crippen LogP contribution in [0.4, 0.5) is 0 Å². The van der Waals surface area contributed by atoms with Crippen LogP contribution in [0.3, 0.4) is 0 Å². The minimum Gasteiger partial charge on any atom is -0.0877 e. The van der Waals surface area contributed by atoms with Crippen molar-refractivity contribution in [3.05, 3.63) is 48.1 Å². The Bertz CT molecular complexity index is 289. The van der Waals surface area contributed by atoms with Crippen LogP contribution in [0.25, 0.3) is 0 Å². The van der Waals surface area contributed by atoms with E-state index in [1.54, 1.807) is 5.57 Å². The Kier molecular flexibility index (Phi) is 8.36. The zero-order valence-electron chi connectivity index (χ0n) is 11.2. The van der Waals surface area contributed by atoms with Crippen LogP contribution in [0.2, 0.25) is 0 Å². The first-order valence-corrected chi connectivity index (χ1v) is 7.06. The molecule has 0 saturated heterocycles. The second kappa shape index (κ2) is 10.1. The van der Waals surface area contributed by atoms with Crippen LogP contribution >= 0.6 is 0 Å². The van der Waals surface area contributed by atoms with Gasteiger partial charge in [0.15, 0.2) is 0 Å². The Labute approximate surface area is 107 Å². The summed E-state index contributed by atoms with van der Waals surface area (Å²) in [7, 11) is 0. The van der Waals surface area contributed by atoms with E-state index in [1.165, 1.54) is 51.4 Å². The van der Waals surface area contributed by atoms with Crippen LogP contribution in [-0.2, 0) is 0 Å². The van der Waals surface area contributed by atoms with Gasteiger partial charge in [0.2, 0.25) is 0 Å². The average molecular weight is 230 g/mol. The Morgan fingerprint density at radius 1 is 1.18 bits per heavy atom. The van der Waals surface area contributed by atoms with Gasteiger partial charge in [-0.25, -0.2) is 0 Å². The Balaban J connectivity index is 2.23. The van der Waals surface area contributed by atoms with Gasteiger partial charge in [0, 0.05) is 0 Å². The SMILES string of the molecule is CC=CC=CCCC/C1=C/C=C/CCCCC1. The van der Waals surface area contributed by atoms with E-state index in [2.05, 4.69) is 49.5 Å². The fourth-order valence-corrected chi connectivity index (χ4v) is 2.12. The lowest BCUT2D eigenvalue weighted by Gasteiger charge is -2.05. The molecule has 0 heterocycles. The van der Waals surface area contributed by atoms with Gasteiger partial charge in [-0.3, -0.25) is 0 Å². The van der Waals surface area contributed by atoms with E-state index in [1.807, 2.05) is 0 Å². The molecule has 1 aliphatic rings. The third-order valence-corrected chi connectivity index (χ3v) is 3.15. The van der Waals surface area contributed by atoms with Gasteiger partial charge in [-0.2, -0.15) is 0 Å². The van der Waals surface area contributed by atoms with Crippen molar-refractivity contribution < 1.29 is 0 Å². The fraction of sp³-hybridized carbons (Fsp3) is 0.529. The highest BCUT2D eigenvalue weighted by Crippen LogP contribution is 2.18. The maximum Gasteiger partial charge on any atom is -0.0314 e. The highest BCUT2D eigenvalue weighted by molar-refractivity contribution is 5.13. The van der Waals surface area contributed by atoms with E-state index in [0.717, 1.165) is 0 Å². The van der Waals surface area contributed by atoms with Crippen molar-refractivity contribution in [2.24, 2.45) is 0 Å². The van der Waals surface area contributed by atoms with Crippen LogP contribution in [0.5, 0.6) is 0 Å². The number of hydrogen-bond acceptors (Lipinski definition) is 0. The van der Waals surface area contributed by atoms with Crippen LogP contribution < -0.4 is 0 Å². The summed E-state index contributed by atoms with van der Waals surface area (Å²) >= 11 is 0. The summed E-state index contributed by atoms with van der Waals surface area (Å²) in [6, 6.07) is 0. The first-order valence-electron chi connectivity index (χ1n) is 7.06. The van der Waals surface area contributed by atoms with Crippen molar-refractivity contribution in [1.82, 2.24) is 0 Å². The van der Waals surface area contributed by atoms with Gasteiger partial charge in [-0.15, -0.1) is 0 Å². The topological polar surface area (TPSA) is 0 Å². The minimum atomic E-state index is 1.20. The van der Waals surface area contributed by atoms with Crippen molar-refractivity contribution in [2.45, 2.75) is 58.3 Å². The van der Waals surface area contributed by atoms with Gasteiger partial charge in [0.25, 0.3) is 0 Å². The van der Waals surface area contributed by atoms with E-state index >= 15 is 0 Å². The summed E-state index contributed by atoms with van der Waals surface area (Å²) in [5, 5.41) is 0. The molecular weight excluding hydrogens is 204 g/mol. The molecule has 0 fully saturated rings. The van der Waals surface area contributed by atoms with Crippen molar-refractivity contribution >= 4 is 0 Å². The van der Waals surface area contributed by atoms with Crippen LogP contribution in [0.15, 0.2) is 48.1 Å². The molecule has 94 valence electrons. The largest absolute Gasteiger partial charge is 0.0877 e. The molecule has 0 aromatic rings. The monoisotopic (exact) mass is 230 g/mol. The molecule has 0 aliphatic heterocycles. The standard InChI is InChI=1S/C17H26/c1-2-3-4-5-8-11-14-17-15-12-9-6-7-10-13-16-17/h2-5,9,12,15H,6-8,10-11,13-14,16H2,1H3/b3-2?,5-4?,12-9+,17-15-. The average Bonchev–Trinajstić information content (AvgIpc) is 2.47. The van der Waals surface area contributed by atoms with E-state index in [4.69, 9.17) is 0 Å². The minimum absolute atomic E-state index is 1.20. The predicted molar refractivity (Wildman–Crippen MR) is 78.1 cm³/mol. The van der Waals surface area contributed by atoms with Gasteiger partial charge < -0.3 is 0 Å². The highest BCUT2D eigenvalue weighted by atomic mass is 14.0. The Morgan fingerprint density at radius 2 is 2.12 bits per heavy atom. The molecule has 0 aromatic heterocycles. The van der Waals surface area contributed by atoms with E-state index in [0.29, 0.717) is 0 Å². The van der Waals surface area contributed by atoms with E-state index in [9.17, 15) is 0 Å². The molecule has 0 saturated carbocycles. The summed E-state index contributed by atoms with van der Waals surface area (Å²) in [5.74, 6) is 0. The molecule has 1 rings (SSSR count). The number of allylic oxidation sites excluding steroid dienone is 8. The van der Waals surface area contributed by atoms with Gasteiger partial charge >= 0.3 is 0 Å². The molecule has 0 N–H and O–H groups in total. The Morgan fingerprint density at radius 3 is 3.00 bits per heavy atom. The molecule has 0 bridgehead atoms. The van der Waals surface area contributed by atoms with Crippen LogP contribution in [0, 0.1) is 0 Å². The van der Waals surface area contributed by atoms with Crippen molar-refractivity contribution in [3.63, 3.8) is 0 Å². The van der Waals surface area contributed by atoms with Crippen molar-refractivity contribution in [3.8, 4) is 0 Å². The zero-order valence-corrected chi connectivity index (χ0v) is 11.2. The molecule has 0 amide bonds. The molecule has 17 heavy (non-hydrogen) atoms. The van der Waals surface area contributed by atoms with Gasteiger partial charge in [0.1, 0.15) is 0 Å². The van der Waals surface area contributed by atoms with Gasteiger partial charge in [-0.05, 0) is 51.9 Å². The normalized spacial score (nSPS) is 23.0. The maximum atomic E-state index is 2.35. The van der Waals surface area contributed by atoms with Crippen LogP contribution in [0.1, 0.15) is 58.3 Å². The molecule has 0 aromatic carbocycles. The molecule has 0 atom stereocenters. The van der Waals surface area contributed by atoms with E-state index in [-0.39, 0.29) is 0 Å². The molecule has 0 heteroatoms. The predicted octanol–water partition coefficient (Wildman–Crippen LogP) is 5.74. The third kappa shape index (κ3) is 7.79. The number of hydrogen-bond donors (Lipinski definition) is 0. The van der Waals surface area contributed by atoms with Gasteiger partial charge in [0.05, 0.1) is 0 Å². The lowest BCUT2D eigenvalue weighted by molar-refractivity contribution is 0.667. The smallest absolute Gasteiger partial charge is 0.0314 e. The summed E-state index contributed by atoms with van der Waals surface area (Å²) in [4.78, 5) is 0. The highest BCUT2D eigenvalue weighted by Gasteiger charge is 1.98. The summed E-state index contributed by atoms with van der Waals surface area (Å²) in [6.07, 6.45) is 26.0. The quantitative estimate of drug-likeness (QED) is 0.417. The summed E-state index contributed by atoms with van der Waals surface area (Å²) < 4.78 is 0. The second-order valence-corrected chi connectivity index (χ2v) is 4.70. The van der Waals surface area contributed by atoms with E-state index < -0.39 is 0 Å². The lowest BCUT2D eigenvalue weighted by atomic mass is 10.0. The zero-order chi connectivity index (χ0) is 12.2. The molecule has 0 unspecified atom stereocenters. The first kappa shape index (κ1) is 14.0. The first-order chi connectivity index (χ1) is 8.43. The molecule has 0 spiro atoms.